The smallest absolute Gasteiger partial charge is 0.239 e. The molecule has 4 bridgehead atoms. The van der Waals surface area contributed by atoms with Crippen LogP contribution in [-0.4, -0.2) is 36.6 Å². The molecular weight excluding hydrogens is 316 g/mol. The molecule has 2 amide bonds. The largest absolute Gasteiger partial charge is 0.396 e. The monoisotopic (exact) mass is 350 g/mol. The van der Waals surface area contributed by atoms with Crippen molar-refractivity contribution in [3.8, 4) is 0 Å². The Morgan fingerprint density at radius 3 is 2.08 bits per heavy atom. The van der Waals surface area contributed by atoms with Crippen LogP contribution in [0.3, 0.4) is 0 Å². The van der Waals surface area contributed by atoms with E-state index in [4.69, 9.17) is 5.11 Å². The van der Waals surface area contributed by atoms with Crippen molar-refractivity contribution in [2.75, 3.05) is 19.7 Å². The molecule has 0 unspecified atom stereocenters. The first-order valence-electron chi connectivity index (χ1n) is 9.93. The second-order valence-corrected chi connectivity index (χ2v) is 9.79. The summed E-state index contributed by atoms with van der Waals surface area (Å²) in [6.45, 7) is 4.70. The number of carbonyl (C=O) groups excluding carboxylic acids is 2. The number of aliphatic hydroxyl groups is 1. The summed E-state index contributed by atoms with van der Waals surface area (Å²) in [7, 11) is 0. The van der Waals surface area contributed by atoms with Gasteiger partial charge in [0.2, 0.25) is 11.8 Å². The summed E-state index contributed by atoms with van der Waals surface area (Å²) < 4.78 is 0. The molecule has 0 aromatic carbocycles. The third-order valence-electron chi connectivity index (χ3n) is 6.70. The van der Waals surface area contributed by atoms with Crippen molar-refractivity contribution >= 4 is 11.8 Å². The highest BCUT2D eigenvalue weighted by Crippen LogP contribution is 2.61. The van der Waals surface area contributed by atoms with Gasteiger partial charge in [-0.05, 0) is 73.5 Å². The van der Waals surface area contributed by atoms with E-state index in [1.54, 1.807) is 0 Å². The van der Waals surface area contributed by atoms with E-state index in [2.05, 4.69) is 10.6 Å². The molecule has 0 heterocycles. The SMILES string of the molecule is CC(C)(CCO)CNC(=O)CNC(=O)CC12CC3CC(CC(C3)C1)C2. The van der Waals surface area contributed by atoms with Crippen LogP contribution in [0.25, 0.3) is 0 Å². The average Bonchev–Trinajstić information content (AvgIpc) is 2.49. The Morgan fingerprint density at radius 2 is 1.56 bits per heavy atom. The molecule has 0 atom stereocenters. The molecule has 4 fully saturated rings. The molecule has 142 valence electrons. The van der Waals surface area contributed by atoms with E-state index < -0.39 is 0 Å². The zero-order valence-electron chi connectivity index (χ0n) is 15.8. The molecule has 3 N–H and O–H groups in total. The van der Waals surface area contributed by atoms with Crippen LogP contribution in [-0.2, 0) is 9.59 Å². The van der Waals surface area contributed by atoms with Crippen molar-refractivity contribution in [2.45, 2.75) is 65.2 Å². The van der Waals surface area contributed by atoms with Gasteiger partial charge in [-0.2, -0.15) is 0 Å². The van der Waals surface area contributed by atoms with Crippen LogP contribution in [0, 0.1) is 28.6 Å². The van der Waals surface area contributed by atoms with E-state index in [9.17, 15) is 9.59 Å². The minimum Gasteiger partial charge on any atom is -0.396 e. The average molecular weight is 351 g/mol. The quantitative estimate of drug-likeness (QED) is 0.628. The van der Waals surface area contributed by atoms with E-state index in [0.717, 1.165) is 17.8 Å². The fraction of sp³-hybridized carbons (Fsp3) is 0.900. The summed E-state index contributed by atoms with van der Waals surface area (Å²) >= 11 is 0. The Bertz CT molecular complexity index is 480. The molecule has 4 aliphatic carbocycles. The van der Waals surface area contributed by atoms with Gasteiger partial charge < -0.3 is 15.7 Å². The zero-order valence-corrected chi connectivity index (χ0v) is 15.8. The van der Waals surface area contributed by atoms with Gasteiger partial charge in [-0.25, -0.2) is 0 Å². The number of amides is 2. The number of carbonyl (C=O) groups is 2. The summed E-state index contributed by atoms with van der Waals surface area (Å²) in [5.41, 5.74) is 0.0893. The van der Waals surface area contributed by atoms with Gasteiger partial charge in [0.25, 0.3) is 0 Å². The van der Waals surface area contributed by atoms with Crippen molar-refractivity contribution in [3.63, 3.8) is 0 Å². The van der Waals surface area contributed by atoms with Crippen molar-refractivity contribution in [1.29, 1.82) is 0 Å². The van der Waals surface area contributed by atoms with Gasteiger partial charge in [-0.1, -0.05) is 13.8 Å². The molecule has 0 radical (unpaired) electrons. The van der Waals surface area contributed by atoms with Crippen LogP contribution in [0.4, 0.5) is 0 Å². The zero-order chi connectivity index (χ0) is 18.1. The van der Waals surface area contributed by atoms with Crippen LogP contribution >= 0.6 is 0 Å². The van der Waals surface area contributed by atoms with Crippen molar-refractivity contribution in [1.82, 2.24) is 10.6 Å². The molecular formula is C20H34N2O3. The number of hydrogen-bond acceptors (Lipinski definition) is 3. The molecule has 4 rings (SSSR count). The first-order valence-corrected chi connectivity index (χ1v) is 9.93. The summed E-state index contributed by atoms with van der Waals surface area (Å²) in [5, 5.41) is 14.7. The maximum atomic E-state index is 12.4. The Hall–Kier alpha value is -1.10. The molecule has 5 nitrogen and oxygen atoms in total. The molecule has 0 aromatic rings. The molecule has 0 aromatic heterocycles. The lowest BCUT2D eigenvalue weighted by Gasteiger charge is -2.56. The van der Waals surface area contributed by atoms with Crippen LogP contribution in [0.5, 0.6) is 0 Å². The molecule has 4 aliphatic rings. The lowest BCUT2D eigenvalue weighted by Crippen LogP contribution is -2.48. The first-order chi connectivity index (χ1) is 11.8. The maximum Gasteiger partial charge on any atom is 0.239 e. The van der Waals surface area contributed by atoms with Crippen LogP contribution in [0.2, 0.25) is 0 Å². The number of rotatable bonds is 8. The van der Waals surface area contributed by atoms with Gasteiger partial charge in [0.1, 0.15) is 0 Å². The normalized spacial score (nSPS) is 33.3. The molecule has 0 spiro atoms. The summed E-state index contributed by atoms with van der Waals surface area (Å²) in [4.78, 5) is 24.4. The molecule has 5 heteroatoms. The topological polar surface area (TPSA) is 78.4 Å². The third kappa shape index (κ3) is 4.75. The summed E-state index contributed by atoms with van der Waals surface area (Å²) in [6.07, 6.45) is 9.04. The standard InChI is InChI=1S/C20H34N2O3/c1-19(2,3-4-23)13-22-18(25)12-21-17(24)11-20-8-14-5-15(9-20)7-16(6-14)10-20/h14-16,23H,3-13H2,1-2H3,(H,21,24)(H,22,25). The van der Waals surface area contributed by atoms with E-state index in [1.807, 2.05) is 13.8 Å². The van der Waals surface area contributed by atoms with E-state index in [0.29, 0.717) is 19.4 Å². The highest BCUT2D eigenvalue weighted by atomic mass is 16.3. The fourth-order valence-electron chi connectivity index (χ4n) is 5.88. The predicted molar refractivity (Wildman–Crippen MR) is 96.7 cm³/mol. The Kier molecular flexibility index (Phi) is 5.42. The van der Waals surface area contributed by atoms with Crippen LogP contribution < -0.4 is 10.6 Å². The van der Waals surface area contributed by atoms with Crippen LogP contribution in [0.15, 0.2) is 0 Å². The Balaban J connectivity index is 1.40. The summed E-state index contributed by atoms with van der Waals surface area (Å²) in [5.74, 6) is 2.42. The first kappa shape index (κ1) is 18.7. The molecule has 0 saturated heterocycles. The number of nitrogens with one attached hydrogen (secondary N) is 2. The van der Waals surface area contributed by atoms with Gasteiger partial charge in [0.05, 0.1) is 6.54 Å². The van der Waals surface area contributed by atoms with Crippen molar-refractivity contribution in [2.24, 2.45) is 28.6 Å². The number of hydrogen-bond donors (Lipinski definition) is 3. The fourth-order valence-corrected chi connectivity index (χ4v) is 5.88. The van der Waals surface area contributed by atoms with Gasteiger partial charge in [-0.3, -0.25) is 9.59 Å². The van der Waals surface area contributed by atoms with Crippen molar-refractivity contribution < 1.29 is 14.7 Å². The second kappa shape index (κ2) is 7.26. The minimum absolute atomic E-state index is 0.0340. The number of aliphatic hydroxyl groups excluding tert-OH is 1. The maximum absolute atomic E-state index is 12.4. The highest BCUT2D eigenvalue weighted by Gasteiger charge is 2.51. The van der Waals surface area contributed by atoms with E-state index in [-0.39, 0.29) is 35.8 Å². The second-order valence-electron chi connectivity index (χ2n) is 9.79. The van der Waals surface area contributed by atoms with Gasteiger partial charge in [0, 0.05) is 19.6 Å². The van der Waals surface area contributed by atoms with Gasteiger partial charge in [0.15, 0.2) is 0 Å². The van der Waals surface area contributed by atoms with Gasteiger partial charge in [-0.15, -0.1) is 0 Å². The van der Waals surface area contributed by atoms with E-state index in [1.165, 1.54) is 38.5 Å². The highest BCUT2D eigenvalue weighted by molar-refractivity contribution is 5.85. The van der Waals surface area contributed by atoms with Gasteiger partial charge >= 0.3 is 0 Å². The van der Waals surface area contributed by atoms with Crippen LogP contribution in [0.1, 0.15) is 65.2 Å². The third-order valence-corrected chi connectivity index (χ3v) is 6.70. The summed E-state index contributed by atoms with van der Waals surface area (Å²) in [6, 6.07) is 0. The Labute approximate surface area is 151 Å². The molecule has 0 aliphatic heterocycles. The molecule has 25 heavy (non-hydrogen) atoms. The molecule has 4 saturated carbocycles. The van der Waals surface area contributed by atoms with Crippen molar-refractivity contribution in [3.05, 3.63) is 0 Å². The lowest BCUT2D eigenvalue weighted by molar-refractivity contribution is -0.132. The minimum atomic E-state index is -0.148. The Morgan fingerprint density at radius 1 is 1.00 bits per heavy atom. The lowest BCUT2D eigenvalue weighted by atomic mass is 9.49. The predicted octanol–water partition coefficient (Wildman–Crippen LogP) is 2.23. The van der Waals surface area contributed by atoms with E-state index >= 15 is 0 Å².